The van der Waals surface area contributed by atoms with Gasteiger partial charge in [0, 0.05) is 13.0 Å². The van der Waals surface area contributed by atoms with Crippen molar-refractivity contribution in [2.75, 3.05) is 31.9 Å². The maximum Gasteiger partial charge on any atom is 0.221 e. The van der Waals surface area contributed by atoms with E-state index in [0.29, 0.717) is 6.54 Å². The molecular formula is C17H26N2O3S. The van der Waals surface area contributed by atoms with Gasteiger partial charge >= 0.3 is 0 Å². The van der Waals surface area contributed by atoms with Crippen molar-refractivity contribution in [2.45, 2.75) is 37.0 Å². The molecule has 1 heterocycles. The van der Waals surface area contributed by atoms with Crippen molar-refractivity contribution in [1.82, 2.24) is 10.2 Å². The average Bonchev–Trinajstić information content (AvgIpc) is 3.07. The lowest BCUT2D eigenvalue weighted by atomic mass is 10.3. The molecule has 0 saturated carbocycles. The second kappa shape index (κ2) is 9.03. The summed E-state index contributed by atoms with van der Waals surface area (Å²) in [6.45, 7) is 4.11. The summed E-state index contributed by atoms with van der Waals surface area (Å²) in [6.07, 6.45) is 4.62. The molecular weight excluding hydrogens is 312 g/mol. The van der Waals surface area contributed by atoms with E-state index in [2.05, 4.69) is 10.2 Å². The number of benzene rings is 1. The van der Waals surface area contributed by atoms with Crippen LogP contribution in [0, 0.1) is 0 Å². The second-order valence-electron chi connectivity index (χ2n) is 5.99. The minimum Gasteiger partial charge on any atom is -0.356 e. The minimum atomic E-state index is -3.37. The van der Waals surface area contributed by atoms with Crippen molar-refractivity contribution < 1.29 is 13.2 Å². The molecule has 1 amide bonds. The number of likely N-dealkylation sites (tertiary alicyclic amines) is 1. The predicted octanol–water partition coefficient (Wildman–Crippen LogP) is 1.84. The number of carbonyl (C=O) groups excluding carboxylic acids is 1. The molecule has 5 nitrogen and oxygen atoms in total. The zero-order valence-electron chi connectivity index (χ0n) is 13.5. The molecule has 1 aromatic carbocycles. The molecule has 128 valence electrons. The maximum atomic E-state index is 12.1. The molecule has 1 aliphatic heterocycles. The summed E-state index contributed by atoms with van der Waals surface area (Å²) in [4.78, 5) is 14.5. The Morgan fingerprint density at radius 2 is 1.78 bits per heavy atom. The van der Waals surface area contributed by atoms with Gasteiger partial charge in [-0.1, -0.05) is 18.2 Å². The normalized spacial score (nSPS) is 15.7. The number of hydrogen-bond acceptors (Lipinski definition) is 4. The van der Waals surface area contributed by atoms with Gasteiger partial charge in [-0.3, -0.25) is 4.79 Å². The van der Waals surface area contributed by atoms with Crippen molar-refractivity contribution in [3.05, 3.63) is 30.3 Å². The Hall–Kier alpha value is -1.40. The molecule has 0 unspecified atom stereocenters. The van der Waals surface area contributed by atoms with Crippen molar-refractivity contribution in [1.29, 1.82) is 0 Å². The van der Waals surface area contributed by atoms with Gasteiger partial charge in [0.15, 0.2) is 9.84 Å². The average molecular weight is 338 g/mol. The lowest BCUT2D eigenvalue weighted by Gasteiger charge is -2.14. The van der Waals surface area contributed by atoms with Crippen LogP contribution in [0.2, 0.25) is 0 Å². The Morgan fingerprint density at radius 1 is 1.09 bits per heavy atom. The van der Waals surface area contributed by atoms with Crippen LogP contribution in [-0.4, -0.2) is 51.2 Å². The molecule has 0 atom stereocenters. The number of sulfone groups is 1. The van der Waals surface area contributed by atoms with E-state index in [-0.39, 0.29) is 23.0 Å². The van der Waals surface area contributed by atoms with Gasteiger partial charge in [0.05, 0.1) is 10.6 Å². The summed E-state index contributed by atoms with van der Waals surface area (Å²) in [7, 11) is -3.37. The SMILES string of the molecule is O=C(CCS(=O)(=O)c1ccccc1)NCCCCN1CCCC1. The number of amides is 1. The Balaban J connectivity index is 1.59. The van der Waals surface area contributed by atoms with Gasteiger partial charge in [0.2, 0.25) is 5.91 Å². The van der Waals surface area contributed by atoms with Gasteiger partial charge in [-0.25, -0.2) is 8.42 Å². The van der Waals surface area contributed by atoms with Gasteiger partial charge in [0.1, 0.15) is 0 Å². The van der Waals surface area contributed by atoms with Crippen LogP contribution in [0.3, 0.4) is 0 Å². The quantitative estimate of drug-likeness (QED) is 0.698. The molecule has 23 heavy (non-hydrogen) atoms. The lowest BCUT2D eigenvalue weighted by molar-refractivity contribution is -0.120. The fourth-order valence-electron chi connectivity index (χ4n) is 2.76. The van der Waals surface area contributed by atoms with Crippen LogP contribution >= 0.6 is 0 Å². The third-order valence-corrected chi connectivity index (χ3v) is 5.85. The molecule has 1 fully saturated rings. The van der Waals surface area contributed by atoms with Crippen molar-refractivity contribution >= 4 is 15.7 Å². The monoisotopic (exact) mass is 338 g/mol. The number of hydrogen-bond donors (Lipinski definition) is 1. The molecule has 0 spiro atoms. The summed E-state index contributed by atoms with van der Waals surface area (Å²) < 4.78 is 24.1. The smallest absolute Gasteiger partial charge is 0.221 e. The largest absolute Gasteiger partial charge is 0.356 e. The van der Waals surface area contributed by atoms with Crippen LogP contribution in [0.25, 0.3) is 0 Å². The summed E-state index contributed by atoms with van der Waals surface area (Å²) in [5.74, 6) is -0.331. The van der Waals surface area contributed by atoms with Crippen molar-refractivity contribution in [3.8, 4) is 0 Å². The molecule has 1 N–H and O–H groups in total. The molecule has 1 aromatic rings. The third kappa shape index (κ3) is 6.31. The first-order valence-corrected chi connectivity index (χ1v) is 10.00. The Labute approximate surface area is 139 Å². The van der Waals surface area contributed by atoms with E-state index in [1.54, 1.807) is 30.3 Å². The third-order valence-electron chi connectivity index (χ3n) is 4.12. The Morgan fingerprint density at radius 3 is 2.48 bits per heavy atom. The molecule has 0 bridgehead atoms. The first-order chi connectivity index (χ1) is 11.1. The molecule has 1 aliphatic rings. The van der Waals surface area contributed by atoms with Gasteiger partial charge in [0.25, 0.3) is 0 Å². The highest BCUT2D eigenvalue weighted by atomic mass is 32.2. The number of unbranched alkanes of at least 4 members (excludes halogenated alkanes) is 1. The van der Waals surface area contributed by atoms with Crippen LogP contribution in [0.1, 0.15) is 32.1 Å². The Kier molecular flexibility index (Phi) is 7.05. The Bertz CT molecular complexity index is 581. The zero-order valence-corrected chi connectivity index (χ0v) is 14.4. The molecule has 1 saturated heterocycles. The highest BCUT2D eigenvalue weighted by Crippen LogP contribution is 2.11. The van der Waals surface area contributed by atoms with E-state index in [1.807, 2.05) is 0 Å². The van der Waals surface area contributed by atoms with Crippen LogP contribution in [0.15, 0.2) is 35.2 Å². The van der Waals surface area contributed by atoms with Gasteiger partial charge < -0.3 is 10.2 Å². The van der Waals surface area contributed by atoms with Gasteiger partial charge in [-0.05, 0) is 57.5 Å². The second-order valence-corrected chi connectivity index (χ2v) is 8.10. The fraction of sp³-hybridized carbons (Fsp3) is 0.588. The standard InChI is InChI=1S/C17H26N2O3S/c20-17(18-11-4-5-12-19-13-6-7-14-19)10-15-23(21,22)16-8-2-1-3-9-16/h1-3,8-9H,4-7,10-15H2,(H,18,20). The first-order valence-electron chi connectivity index (χ1n) is 8.35. The highest BCUT2D eigenvalue weighted by Gasteiger charge is 2.16. The summed E-state index contributed by atoms with van der Waals surface area (Å²) >= 11 is 0. The van der Waals surface area contributed by atoms with E-state index in [9.17, 15) is 13.2 Å². The first kappa shape index (κ1) is 17.9. The number of carbonyl (C=O) groups is 1. The minimum absolute atomic E-state index is 0.0172. The molecule has 6 heteroatoms. The summed E-state index contributed by atoms with van der Waals surface area (Å²) in [5, 5.41) is 2.81. The van der Waals surface area contributed by atoms with E-state index < -0.39 is 9.84 Å². The van der Waals surface area contributed by atoms with E-state index >= 15 is 0 Å². The highest BCUT2D eigenvalue weighted by molar-refractivity contribution is 7.91. The van der Waals surface area contributed by atoms with E-state index in [0.717, 1.165) is 19.4 Å². The summed E-state index contributed by atoms with van der Waals surface area (Å²) in [5.41, 5.74) is 0. The van der Waals surface area contributed by atoms with Gasteiger partial charge in [-0.2, -0.15) is 0 Å². The molecule has 2 rings (SSSR count). The number of nitrogens with zero attached hydrogens (tertiary/aromatic N) is 1. The van der Waals surface area contributed by atoms with E-state index in [1.165, 1.54) is 25.9 Å². The lowest BCUT2D eigenvalue weighted by Crippen LogP contribution is -2.27. The molecule has 0 aromatic heterocycles. The summed E-state index contributed by atoms with van der Waals surface area (Å²) in [6, 6.07) is 8.27. The zero-order chi connectivity index (χ0) is 16.5. The maximum absolute atomic E-state index is 12.1. The number of rotatable bonds is 9. The molecule has 0 aliphatic carbocycles. The van der Waals surface area contributed by atoms with Crippen LogP contribution in [-0.2, 0) is 14.6 Å². The topological polar surface area (TPSA) is 66.5 Å². The van der Waals surface area contributed by atoms with Gasteiger partial charge in [-0.15, -0.1) is 0 Å². The van der Waals surface area contributed by atoms with Crippen LogP contribution in [0.4, 0.5) is 0 Å². The van der Waals surface area contributed by atoms with E-state index in [4.69, 9.17) is 0 Å². The molecule has 0 radical (unpaired) electrons. The van der Waals surface area contributed by atoms with Crippen LogP contribution in [0.5, 0.6) is 0 Å². The fourth-order valence-corrected chi connectivity index (χ4v) is 4.02. The van der Waals surface area contributed by atoms with Crippen molar-refractivity contribution in [3.63, 3.8) is 0 Å². The number of nitrogens with one attached hydrogen (secondary N) is 1. The van der Waals surface area contributed by atoms with Crippen LogP contribution < -0.4 is 5.32 Å². The van der Waals surface area contributed by atoms with Crippen molar-refractivity contribution in [2.24, 2.45) is 0 Å². The predicted molar refractivity (Wildman–Crippen MR) is 91.0 cm³/mol.